The molecule has 0 unspecified atom stereocenters. The lowest BCUT2D eigenvalue weighted by atomic mass is 10.3. The molecule has 2 N–H and O–H groups in total. The predicted octanol–water partition coefficient (Wildman–Crippen LogP) is 1.37. The monoisotopic (exact) mass is 190 g/mol. The van der Waals surface area contributed by atoms with E-state index in [1.807, 2.05) is 36.3 Å². The zero-order valence-electron chi connectivity index (χ0n) is 8.44. The van der Waals surface area contributed by atoms with Crippen molar-refractivity contribution < 1.29 is 0 Å². The number of nitrogen functional groups attached to an aromatic ring is 1. The average molecular weight is 190 g/mol. The van der Waals surface area contributed by atoms with Crippen LogP contribution < -0.4 is 10.6 Å². The van der Waals surface area contributed by atoms with Crippen LogP contribution in [-0.4, -0.2) is 23.2 Å². The van der Waals surface area contributed by atoms with E-state index in [0.717, 1.165) is 23.6 Å². The molecule has 0 saturated carbocycles. The molecule has 0 saturated heterocycles. The molecular formula is C10H14N4. The summed E-state index contributed by atoms with van der Waals surface area (Å²) in [6.07, 6.45) is 1.90. The molecule has 4 heteroatoms. The molecule has 74 valence electrons. The fraction of sp³-hybridized carbons (Fsp3) is 0.300. The summed E-state index contributed by atoms with van der Waals surface area (Å²) in [5.41, 5.74) is 7.70. The van der Waals surface area contributed by atoms with E-state index in [4.69, 9.17) is 5.73 Å². The maximum Gasteiger partial charge on any atom is 0.174 e. The minimum atomic E-state index is 0.745. The molecule has 2 aromatic rings. The van der Waals surface area contributed by atoms with Crippen molar-refractivity contribution in [1.82, 2.24) is 9.61 Å². The predicted molar refractivity (Wildman–Crippen MR) is 58.5 cm³/mol. The topological polar surface area (TPSA) is 46.6 Å². The van der Waals surface area contributed by atoms with Gasteiger partial charge in [-0.25, -0.2) is 4.52 Å². The molecule has 4 nitrogen and oxygen atoms in total. The first kappa shape index (κ1) is 8.87. The maximum absolute atomic E-state index is 5.99. The highest BCUT2D eigenvalue weighted by atomic mass is 15.3. The van der Waals surface area contributed by atoms with E-state index >= 15 is 0 Å². The van der Waals surface area contributed by atoms with E-state index in [1.54, 1.807) is 4.52 Å². The maximum atomic E-state index is 5.99. The van der Waals surface area contributed by atoms with Crippen molar-refractivity contribution >= 4 is 17.0 Å². The van der Waals surface area contributed by atoms with E-state index in [9.17, 15) is 0 Å². The molecule has 0 atom stereocenters. The Hall–Kier alpha value is -1.71. The first-order valence-corrected chi connectivity index (χ1v) is 4.68. The fourth-order valence-corrected chi connectivity index (χ4v) is 1.44. The molecule has 0 aromatic carbocycles. The molecule has 0 radical (unpaired) electrons. The van der Waals surface area contributed by atoms with Crippen molar-refractivity contribution in [3.63, 3.8) is 0 Å². The van der Waals surface area contributed by atoms with Crippen LogP contribution >= 0.6 is 0 Å². The minimum Gasteiger partial charge on any atom is -0.394 e. The number of rotatable bonds is 2. The molecule has 0 aliphatic heterocycles. The van der Waals surface area contributed by atoms with Gasteiger partial charge in [-0.3, -0.25) is 0 Å². The highest BCUT2D eigenvalue weighted by Crippen LogP contribution is 2.24. The third-order valence-electron chi connectivity index (χ3n) is 2.39. The summed E-state index contributed by atoms with van der Waals surface area (Å²) >= 11 is 0. The average Bonchev–Trinajstić information content (AvgIpc) is 2.56. The van der Waals surface area contributed by atoms with Crippen LogP contribution in [0.2, 0.25) is 0 Å². The SMILES string of the molecule is CCN(C)c1nn2ccccc2c1N. The zero-order chi connectivity index (χ0) is 10.1. The van der Waals surface area contributed by atoms with Crippen LogP contribution in [0.3, 0.4) is 0 Å². The number of aromatic nitrogens is 2. The molecule has 0 fully saturated rings. The third-order valence-corrected chi connectivity index (χ3v) is 2.39. The summed E-state index contributed by atoms with van der Waals surface area (Å²) in [7, 11) is 1.98. The lowest BCUT2D eigenvalue weighted by molar-refractivity contribution is 0.887. The van der Waals surface area contributed by atoms with Gasteiger partial charge in [-0.15, -0.1) is 5.10 Å². The lowest BCUT2D eigenvalue weighted by Crippen LogP contribution is -2.17. The Bertz CT molecular complexity index is 446. The second kappa shape index (κ2) is 3.21. The number of nitrogens with zero attached hydrogens (tertiary/aromatic N) is 3. The van der Waals surface area contributed by atoms with Crippen molar-refractivity contribution in [2.75, 3.05) is 24.2 Å². The van der Waals surface area contributed by atoms with Crippen LogP contribution in [0, 0.1) is 0 Å². The van der Waals surface area contributed by atoms with E-state index in [-0.39, 0.29) is 0 Å². The lowest BCUT2D eigenvalue weighted by Gasteiger charge is -2.12. The van der Waals surface area contributed by atoms with Gasteiger partial charge in [0.1, 0.15) is 5.69 Å². The Kier molecular flexibility index (Phi) is 2.04. The summed E-state index contributed by atoms with van der Waals surface area (Å²) in [4.78, 5) is 2.03. The van der Waals surface area contributed by atoms with Gasteiger partial charge in [-0.2, -0.15) is 0 Å². The fourth-order valence-electron chi connectivity index (χ4n) is 1.44. The molecular weight excluding hydrogens is 176 g/mol. The Labute approximate surface area is 82.9 Å². The van der Waals surface area contributed by atoms with E-state index in [1.165, 1.54) is 0 Å². The van der Waals surface area contributed by atoms with Gasteiger partial charge in [0, 0.05) is 19.8 Å². The minimum absolute atomic E-state index is 0.745. The van der Waals surface area contributed by atoms with Crippen LogP contribution in [-0.2, 0) is 0 Å². The Morgan fingerprint density at radius 1 is 1.50 bits per heavy atom. The Balaban J connectivity index is 2.62. The van der Waals surface area contributed by atoms with Crippen molar-refractivity contribution in [2.24, 2.45) is 0 Å². The molecule has 14 heavy (non-hydrogen) atoms. The van der Waals surface area contributed by atoms with Crippen molar-refractivity contribution in [1.29, 1.82) is 0 Å². The number of nitrogens with two attached hydrogens (primary N) is 1. The van der Waals surface area contributed by atoms with Crippen LogP contribution in [0.15, 0.2) is 24.4 Å². The summed E-state index contributed by atoms with van der Waals surface area (Å²) < 4.78 is 1.80. The molecule has 0 spiro atoms. The molecule has 2 aromatic heterocycles. The number of anilines is 2. The van der Waals surface area contributed by atoms with Crippen molar-refractivity contribution in [3.05, 3.63) is 24.4 Å². The number of hydrogen-bond acceptors (Lipinski definition) is 3. The second-order valence-electron chi connectivity index (χ2n) is 3.28. The highest BCUT2D eigenvalue weighted by molar-refractivity contribution is 5.81. The van der Waals surface area contributed by atoms with E-state index < -0.39 is 0 Å². The zero-order valence-corrected chi connectivity index (χ0v) is 8.44. The largest absolute Gasteiger partial charge is 0.394 e. The third kappa shape index (κ3) is 1.19. The number of fused-ring (bicyclic) bond motifs is 1. The number of pyridine rings is 1. The van der Waals surface area contributed by atoms with Gasteiger partial charge in [0.05, 0.1) is 5.52 Å². The molecule has 2 rings (SSSR count). The quantitative estimate of drug-likeness (QED) is 0.778. The van der Waals surface area contributed by atoms with Crippen LogP contribution in [0.25, 0.3) is 5.52 Å². The van der Waals surface area contributed by atoms with Crippen LogP contribution in [0.1, 0.15) is 6.92 Å². The molecule has 0 amide bonds. The van der Waals surface area contributed by atoms with Crippen LogP contribution in [0.5, 0.6) is 0 Å². The number of hydrogen-bond donors (Lipinski definition) is 1. The first-order chi connectivity index (χ1) is 6.74. The first-order valence-electron chi connectivity index (χ1n) is 4.68. The van der Waals surface area contributed by atoms with Gasteiger partial charge in [0.25, 0.3) is 0 Å². The standard InChI is InChI=1S/C10H14N4/c1-3-13(2)10-9(11)8-6-4-5-7-14(8)12-10/h4-7H,3,11H2,1-2H3. The van der Waals surface area contributed by atoms with Gasteiger partial charge >= 0.3 is 0 Å². The summed E-state index contributed by atoms with van der Waals surface area (Å²) in [5, 5.41) is 4.40. The molecule has 2 heterocycles. The summed E-state index contributed by atoms with van der Waals surface area (Å²) in [6, 6.07) is 5.87. The van der Waals surface area contributed by atoms with Crippen molar-refractivity contribution in [2.45, 2.75) is 6.92 Å². The van der Waals surface area contributed by atoms with E-state index in [2.05, 4.69) is 12.0 Å². The van der Waals surface area contributed by atoms with E-state index in [0.29, 0.717) is 0 Å². The second-order valence-corrected chi connectivity index (χ2v) is 3.28. The Morgan fingerprint density at radius 3 is 2.93 bits per heavy atom. The summed E-state index contributed by atoms with van der Waals surface area (Å²) in [5.74, 6) is 0.846. The van der Waals surface area contributed by atoms with Crippen LogP contribution in [0.4, 0.5) is 11.5 Å². The Morgan fingerprint density at radius 2 is 2.29 bits per heavy atom. The highest BCUT2D eigenvalue weighted by Gasteiger charge is 2.11. The molecule has 0 bridgehead atoms. The van der Waals surface area contributed by atoms with Gasteiger partial charge < -0.3 is 10.6 Å². The van der Waals surface area contributed by atoms with Gasteiger partial charge in [-0.05, 0) is 19.1 Å². The van der Waals surface area contributed by atoms with Gasteiger partial charge in [0.2, 0.25) is 0 Å². The molecule has 0 aliphatic carbocycles. The van der Waals surface area contributed by atoms with Crippen molar-refractivity contribution in [3.8, 4) is 0 Å². The normalized spacial score (nSPS) is 10.7. The van der Waals surface area contributed by atoms with Gasteiger partial charge in [0.15, 0.2) is 5.82 Å². The molecule has 0 aliphatic rings. The van der Waals surface area contributed by atoms with Gasteiger partial charge in [-0.1, -0.05) is 6.07 Å². The summed E-state index contributed by atoms with van der Waals surface area (Å²) in [6.45, 7) is 2.97. The smallest absolute Gasteiger partial charge is 0.174 e.